The van der Waals surface area contributed by atoms with E-state index in [2.05, 4.69) is 4.98 Å². The average molecular weight is 596 g/mol. The maximum Gasteiger partial charge on any atom is 0.337 e. The first-order valence-electron chi connectivity index (χ1n) is 13.9. The number of carbonyl (C=O) groups is 1. The third-order valence-corrected chi connectivity index (χ3v) is 7.87. The van der Waals surface area contributed by atoms with Crippen LogP contribution in [0.4, 0.5) is 8.78 Å². The fraction of sp³-hybridized carbons (Fsp3) is 0.242. The van der Waals surface area contributed by atoms with Crippen LogP contribution in [0.15, 0.2) is 77.7 Å². The number of hydrogen-bond donors (Lipinski definition) is 0. The Balaban J connectivity index is 1.25. The van der Waals surface area contributed by atoms with E-state index in [9.17, 15) is 18.4 Å². The van der Waals surface area contributed by atoms with Gasteiger partial charge in [0.15, 0.2) is 0 Å². The maximum atomic E-state index is 14.2. The van der Waals surface area contributed by atoms with Crippen molar-refractivity contribution in [2.24, 2.45) is 5.41 Å². The van der Waals surface area contributed by atoms with Crippen LogP contribution in [-0.4, -0.2) is 38.9 Å². The smallest absolute Gasteiger partial charge is 0.337 e. The van der Waals surface area contributed by atoms with Gasteiger partial charge in [-0.15, -0.1) is 0 Å². The van der Waals surface area contributed by atoms with E-state index in [0.717, 1.165) is 18.9 Å². The Morgan fingerprint density at radius 1 is 1.09 bits per heavy atom. The number of hydrogen-bond acceptors (Lipinski definition) is 7. The number of fused-ring (bicyclic) bond motifs is 1. The molecule has 1 fully saturated rings. The van der Waals surface area contributed by atoms with Crippen molar-refractivity contribution in [1.29, 1.82) is 5.26 Å². The van der Waals surface area contributed by atoms with Crippen LogP contribution in [0, 0.1) is 22.6 Å². The molecule has 6 rings (SSSR count). The topological polar surface area (TPSA) is 112 Å². The number of imidazole rings is 1. The summed E-state index contributed by atoms with van der Waals surface area (Å²) in [5.74, 6) is -0.208. The van der Waals surface area contributed by atoms with Crippen molar-refractivity contribution >= 4 is 17.0 Å². The summed E-state index contributed by atoms with van der Waals surface area (Å²) in [6, 6.07) is 19.4. The average Bonchev–Trinajstić information content (AvgIpc) is 3.75. The van der Waals surface area contributed by atoms with E-state index in [4.69, 9.17) is 19.7 Å². The number of carbonyl (C=O) groups excluding carboxylic acids is 1. The third-order valence-electron chi connectivity index (χ3n) is 7.87. The van der Waals surface area contributed by atoms with Crippen molar-refractivity contribution in [3.8, 4) is 23.2 Å². The van der Waals surface area contributed by atoms with Gasteiger partial charge in [0.1, 0.15) is 18.2 Å². The van der Waals surface area contributed by atoms with Gasteiger partial charge in [-0.2, -0.15) is 5.26 Å². The van der Waals surface area contributed by atoms with Gasteiger partial charge in [-0.3, -0.25) is 9.18 Å². The van der Waals surface area contributed by atoms with E-state index in [0.29, 0.717) is 40.2 Å². The van der Waals surface area contributed by atoms with Crippen LogP contribution in [0.2, 0.25) is 0 Å². The molecule has 0 unspecified atom stereocenters. The molecule has 222 valence electrons. The van der Waals surface area contributed by atoms with E-state index >= 15 is 0 Å². The van der Waals surface area contributed by atoms with Gasteiger partial charge >= 0.3 is 5.97 Å². The number of alkyl halides is 1. The highest BCUT2D eigenvalue weighted by atomic mass is 19.1. The van der Waals surface area contributed by atoms with Gasteiger partial charge in [0.25, 0.3) is 5.56 Å². The summed E-state index contributed by atoms with van der Waals surface area (Å²) in [6.07, 6.45) is 3.16. The molecule has 0 atom stereocenters. The molecule has 11 heteroatoms. The molecule has 0 aliphatic heterocycles. The predicted octanol–water partition coefficient (Wildman–Crippen LogP) is 5.43. The Labute approximate surface area is 250 Å². The minimum Gasteiger partial charge on any atom is -0.473 e. The number of halogens is 2. The number of benzene rings is 2. The fourth-order valence-electron chi connectivity index (χ4n) is 5.05. The minimum absolute atomic E-state index is 0.0819. The summed E-state index contributed by atoms with van der Waals surface area (Å²) in [5, 5.41) is 8.93. The third kappa shape index (κ3) is 5.79. The van der Waals surface area contributed by atoms with Crippen molar-refractivity contribution in [2.45, 2.75) is 32.5 Å². The van der Waals surface area contributed by atoms with Gasteiger partial charge in [-0.1, -0.05) is 12.1 Å². The number of nitrogens with zero attached hydrogens (tertiary/aromatic N) is 5. The highest BCUT2D eigenvalue weighted by Crippen LogP contribution is 2.48. The van der Waals surface area contributed by atoms with Crippen molar-refractivity contribution in [3.63, 3.8) is 0 Å². The molecule has 1 aliphatic carbocycles. The molecule has 3 heterocycles. The Kier molecular flexibility index (Phi) is 7.66. The highest BCUT2D eigenvalue weighted by Gasteiger charge is 2.43. The molecule has 0 bridgehead atoms. The van der Waals surface area contributed by atoms with E-state index in [1.807, 2.05) is 10.6 Å². The normalized spacial score (nSPS) is 13.4. The summed E-state index contributed by atoms with van der Waals surface area (Å²) in [7, 11) is 1.31. The maximum absolute atomic E-state index is 14.2. The molecule has 5 aromatic rings. The lowest BCUT2D eigenvalue weighted by Gasteiger charge is -2.16. The number of methoxy groups -OCH3 is 1. The molecule has 9 nitrogen and oxygen atoms in total. The van der Waals surface area contributed by atoms with E-state index in [-0.39, 0.29) is 35.7 Å². The van der Waals surface area contributed by atoms with Crippen LogP contribution >= 0.6 is 0 Å². The number of aromatic nitrogens is 4. The Morgan fingerprint density at radius 2 is 1.93 bits per heavy atom. The monoisotopic (exact) mass is 595 g/mol. The van der Waals surface area contributed by atoms with E-state index < -0.39 is 23.9 Å². The number of nitriles is 1. The lowest BCUT2D eigenvalue weighted by atomic mass is 10.1. The summed E-state index contributed by atoms with van der Waals surface area (Å²) in [6.45, 7) is -0.0244. The Morgan fingerprint density at radius 3 is 2.64 bits per heavy atom. The van der Waals surface area contributed by atoms with Crippen LogP contribution in [0.25, 0.3) is 22.3 Å². The lowest BCUT2D eigenvalue weighted by Crippen LogP contribution is -2.23. The molecular weight excluding hydrogens is 568 g/mol. The Hall–Kier alpha value is -5.37. The van der Waals surface area contributed by atoms with Crippen molar-refractivity contribution in [3.05, 3.63) is 112 Å². The zero-order valence-electron chi connectivity index (χ0n) is 23.8. The summed E-state index contributed by atoms with van der Waals surface area (Å²) < 4.78 is 42.1. The summed E-state index contributed by atoms with van der Waals surface area (Å²) >= 11 is 0. The van der Waals surface area contributed by atoms with Gasteiger partial charge in [0.05, 0.1) is 54.3 Å². The van der Waals surface area contributed by atoms with Crippen molar-refractivity contribution < 1.29 is 23.0 Å². The molecular formula is C33H27F2N5O4. The van der Waals surface area contributed by atoms with Gasteiger partial charge < -0.3 is 18.6 Å². The largest absolute Gasteiger partial charge is 0.473 e. The van der Waals surface area contributed by atoms with Gasteiger partial charge in [0.2, 0.25) is 5.88 Å². The zero-order chi connectivity index (χ0) is 30.8. The fourth-order valence-corrected chi connectivity index (χ4v) is 5.05. The molecule has 44 heavy (non-hydrogen) atoms. The van der Waals surface area contributed by atoms with Gasteiger partial charge in [-0.25, -0.2) is 19.2 Å². The van der Waals surface area contributed by atoms with Crippen LogP contribution in [0.1, 0.15) is 40.2 Å². The number of esters is 1. The second-order valence-corrected chi connectivity index (χ2v) is 10.9. The van der Waals surface area contributed by atoms with Crippen molar-refractivity contribution in [1.82, 2.24) is 19.1 Å². The molecule has 2 aromatic carbocycles. The summed E-state index contributed by atoms with van der Waals surface area (Å²) in [4.78, 5) is 34.6. The molecule has 0 N–H and O–H groups in total. The molecule has 0 spiro atoms. The van der Waals surface area contributed by atoms with Crippen LogP contribution in [0.5, 0.6) is 5.88 Å². The van der Waals surface area contributed by atoms with Crippen LogP contribution in [-0.2, 0) is 24.4 Å². The molecule has 1 saturated carbocycles. The second kappa shape index (κ2) is 11.7. The minimum atomic E-state index is -0.543. The molecule has 0 saturated heterocycles. The molecule has 1 aliphatic rings. The first-order chi connectivity index (χ1) is 21.3. The van der Waals surface area contributed by atoms with Gasteiger partial charge in [-0.05, 0) is 55.3 Å². The molecule has 0 radical (unpaired) electrons. The molecule has 3 aromatic heterocycles. The van der Waals surface area contributed by atoms with Gasteiger partial charge in [0, 0.05) is 41.4 Å². The SMILES string of the molecule is COC(=O)c1ccc2nc(Cn3ccc(-c4cccc(OCc5ccc(C#N)cc5F)n4)cc3=O)n(CC3(CF)CC3)c2c1. The second-order valence-electron chi connectivity index (χ2n) is 10.9. The first kappa shape index (κ1) is 28.7. The standard InChI is InChI=1S/C33H27F2N5O4/c1-43-32(42)23-7-8-27-28(14-23)40(20-33(19-34)10-11-33)29(37-27)17-39-12-9-22(15-31(39)41)26-3-2-4-30(38-26)44-18-24-6-5-21(16-36)13-25(24)35/h2-9,12-15H,10-11,17-20H2,1H3. The quantitative estimate of drug-likeness (QED) is 0.198. The number of pyridine rings is 2. The van der Waals surface area contributed by atoms with E-state index in [1.54, 1.807) is 48.7 Å². The Bertz CT molecular complexity index is 1990. The molecule has 0 amide bonds. The summed E-state index contributed by atoms with van der Waals surface area (Å²) in [5.41, 5.74) is 2.46. The predicted molar refractivity (Wildman–Crippen MR) is 157 cm³/mol. The number of rotatable bonds is 10. The zero-order valence-corrected chi connectivity index (χ0v) is 23.8. The van der Waals surface area contributed by atoms with E-state index in [1.165, 1.54) is 29.9 Å². The highest BCUT2D eigenvalue weighted by molar-refractivity contribution is 5.93. The van der Waals surface area contributed by atoms with Crippen molar-refractivity contribution in [2.75, 3.05) is 13.8 Å². The van der Waals surface area contributed by atoms with Crippen LogP contribution in [0.3, 0.4) is 0 Å². The number of ether oxygens (including phenoxy) is 2. The lowest BCUT2D eigenvalue weighted by molar-refractivity contribution is 0.0601. The van der Waals surface area contributed by atoms with Crippen LogP contribution < -0.4 is 10.3 Å². The first-order valence-corrected chi connectivity index (χ1v) is 13.9.